The Kier molecular flexibility index (Phi) is 2.56. The van der Waals surface area contributed by atoms with E-state index in [4.69, 9.17) is 5.73 Å². The van der Waals surface area contributed by atoms with Crippen molar-refractivity contribution in [2.24, 2.45) is 5.73 Å². The molecule has 0 unspecified atom stereocenters. The maximum Gasteiger partial charge on any atom is 0.0399 e. The van der Waals surface area contributed by atoms with Crippen LogP contribution < -0.4 is 11.1 Å². The van der Waals surface area contributed by atoms with Gasteiger partial charge in [0.2, 0.25) is 0 Å². The number of hydrogen-bond donors (Lipinski definition) is 2. The fraction of sp³-hybridized carbons (Fsp3) is 0.400. The van der Waals surface area contributed by atoms with E-state index < -0.39 is 0 Å². The van der Waals surface area contributed by atoms with Crippen LogP contribution in [0.15, 0.2) is 22.7 Å². The molecule has 2 nitrogen and oxygen atoms in total. The molecule has 1 aliphatic carbocycles. The smallest absolute Gasteiger partial charge is 0.0399 e. The van der Waals surface area contributed by atoms with Crippen LogP contribution in [0.3, 0.4) is 0 Å². The Morgan fingerprint density at radius 3 is 2.85 bits per heavy atom. The second kappa shape index (κ2) is 3.68. The van der Waals surface area contributed by atoms with Gasteiger partial charge in [0.25, 0.3) is 0 Å². The molecule has 0 atom stereocenters. The number of halogens is 1. The molecular weight excluding hydrogens is 228 g/mol. The van der Waals surface area contributed by atoms with Gasteiger partial charge in [0.1, 0.15) is 0 Å². The number of nitrogens with two attached hydrogens (primary N) is 1. The van der Waals surface area contributed by atoms with E-state index in [1.54, 1.807) is 0 Å². The second-order valence-corrected chi connectivity index (χ2v) is 4.34. The number of benzene rings is 1. The highest BCUT2D eigenvalue weighted by Crippen LogP contribution is 2.28. The van der Waals surface area contributed by atoms with Crippen molar-refractivity contribution in [3.63, 3.8) is 0 Å². The third kappa shape index (κ3) is 2.23. The molecule has 1 aromatic carbocycles. The zero-order chi connectivity index (χ0) is 9.26. The van der Waals surface area contributed by atoms with Crippen LogP contribution in [0.4, 0.5) is 5.69 Å². The van der Waals surface area contributed by atoms with Gasteiger partial charge < -0.3 is 11.1 Å². The topological polar surface area (TPSA) is 38.0 Å². The van der Waals surface area contributed by atoms with Crippen LogP contribution in [0.2, 0.25) is 0 Å². The molecule has 70 valence electrons. The Hall–Kier alpha value is -0.540. The maximum atomic E-state index is 5.64. The molecule has 0 heterocycles. The normalized spacial score (nSPS) is 15.8. The van der Waals surface area contributed by atoms with Gasteiger partial charge >= 0.3 is 0 Å². The average Bonchev–Trinajstić information content (AvgIpc) is 2.89. The lowest BCUT2D eigenvalue weighted by molar-refractivity contribution is 1.05. The molecule has 3 heteroatoms. The van der Waals surface area contributed by atoms with Gasteiger partial charge in [0.15, 0.2) is 0 Å². The molecule has 0 radical (unpaired) electrons. The van der Waals surface area contributed by atoms with Crippen LogP contribution >= 0.6 is 15.9 Å². The van der Waals surface area contributed by atoms with E-state index >= 15 is 0 Å². The van der Waals surface area contributed by atoms with Gasteiger partial charge in [0.05, 0.1) is 0 Å². The van der Waals surface area contributed by atoms with Crippen LogP contribution in [0.1, 0.15) is 18.4 Å². The Bertz CT molecular complexity index is 308. The van der Waals surface area contributed by atoms with Gasteiger partial charge in [0, 0.05) is 22.7 Å². The molecule has 0 bridgehead atoms. The maximum absolute atomic E-state index is 5.64. The van der Waals surface area contributed by atoms with Crippen molar-refractivity contribution in [1.82, 2.24) is 0 Å². The first-order valence-corrected chi connectivity index (χ1v) is 5.34. The second-order valence-electron chi connectivity index (χ2n) is 3.42. The molecule has 0 aromatic heterocycles. The zero-order valence-electron chi connectivity index (χ0n) is 7.39. The van der Waals surface area contributed by atoms with E-state index in [1.165, 1.54) is 24.1 Å². The summed E-state index contributed by atoms with van der Waals surface area (Å²) in [5.41, 5.74) is 8.01. The molecule has 3 N–H and O–H groups in total. The lowest BCUT2D eigenvalue weighted by Crippen LogP contribution is -2.06. The number of hydrogen-bond acceptors (Lipinski definition) is 2. The van der Waals surface area contributed by atoms with Crippen molar-refractivity contribution in [2.45, 2.75) is 25.4 Å². The Morgan fingerprint density at radius 2 is 2.23 bits per heavy atom. The molecule has 2 rings (SSSR count). The first-order valence-electron chi connectivity index (χ1n) is 4.54. The quantitative estimate of drug-likeness (QED) is 0.853. The van der Waals surface area contributed by atoms with E-state index in [2.05, 4.69) is 33.4 Å². The van der Waals surface area contributed by atoms with Crippen LogP contribution in [-0.4, -0.2) is 6.04 Å². The Morgan fingerprint density at radius 1 is 1.46 bits per heavy atom. The van der Waals surface area contributed by atoms with Crippen molar-refractivity contribution in [2.75, 3.05) is 5.32 Å². The van der Waals surface area contributed by atoms with Crippen molar-refractivity contribution >= 4 is 21.6 Å². The van der Waals surface area contributed by atoms with Gasteiger partial charge in [-0.15, -0.1) is 0 Å². The highest BCUT2D eigenvalue weighted by Gasteiger charge is 2.21. The van der Waals surface area contributed by atoms with E-state index in [1.807, 2.05) is 6.07 Å². The van der Waals surface area contributed by atoms with Crippen LogP contribution in [-0.2, 0) is 6.54 Å². The number of rotatable bonds is 3. The first kappa shape index (κ1) is 9.03. The summed E-state index contributed by atoms with van der Waals surface area (Å²) in [5, 5.41) is 3.47. The van der Waals surface area contributed by atoms with Gasteiger partial charge in [-0.3, -0.25) is 0 Å². The van der Waals surface area contributed by atoms with Crippen molar-refractivity contribution < 1.29 is 0 Å². The van der Waals surface area contributed by atoms with Gasteiger partial charge in [-0.2, -0.15) is 0 Å². The molecular formula is C10H13BrN2. The number of nitrogens with one attached hydrogen (secondary N) is 1. The minimum absolute atomic E-state index is 0.600. The standard InChI is InChI=1S/C10H13BrN2/c11-8-2-1-7(6-12)10(5-8)13-9-3-4-9/h1-2,5,9,13H,3-4,6,12H2. The summed E-state index contributed by atoms with van der Waals surface area (Å²) < 4.78 is 1.10. The molecule has 1 aliphatic rings. The zero-order valence-corrected chi connectivity index (χ0v) is 8.97. The third-order valence-electron chi connectivity index (χ3n) is 2.23. The molecule has 0 aliphatic heterocycles. The van der Waals surface area contributed by atoms with Crippen LogP contribution in [0.5, 0.6) is 0 Å². The molecule has 0 saturated heterocycles. The molecule has 13 heavy (non-hydrogen) atoms. The fourth-order valence-corrected chi connectivity index (χ4v) is 1.67. The number of anilines is 1. The summed E-state index contributed by atoms with van der Waals surface area (Å²) in [5.74, 6) is 0. The molecule has 0 spiro atoms. The molecule has 0 amide bonds. The van der Waals surface area contributed by atoms with E-state index in [9.17, 15) is 0 Å². The summed E-state index contributed by atoms with van der Waals surface area (Å²) in [6.45, 7) is 0.600. The highest BCUT2D eigenvalue weighted by molar-refractivity contribution is 9.10. The van der Waals surface area contributed by atoms with Crippen molar-refractivity contribution in [3.8, 4) is 0 Å². The first-order chi connectivity index (χ1) is 6.29. The lowest BCUT2D eigenvalue weighted by atomic mass is 10.2. The predicted molar refractivity (Wildman–Crippen MR) is 58.7 cm³/mol. The summed E-state index contributed by atoms with van der Waals surface area (Å²) in [7, 11) is 0. The third-order valence-corrected chi connectivity index (χ3v) is 2.72. The van der Waals surface area contributed by atoms with Gasteiger partial charge in [-0.25, -0.2) is 0 Å². The lowest BCUT2D eigenvalue weighted by Gasteiger charge is -2.10. The molecule has 1 aromatic rings. The van der Waals surface area contributed by atoms with E-state index in [0.29, 0.717) is 12.6 Å². The highest BCUT2D eigenvalue weighted by atomic mass is 79.9. The van der Waals surface area contributed by atoms with Crippen molar-refractivity contribution in [3.05, 3.63) is 28.2 Å². The minimum Gasteiger partial charge on any atom is -0.382 e. The summed E-state index contributed by atoms with van der Waals surface area (Å²) in [6, 6.07) is 6.87. The van der Waals surface area contributed by atoms with Gasteiger partial charge in [-0.1, -0.05) is 22.0 Å². The predicted octanol–water partition coefficient (Wildman–Crippen LogP) is 2.48. The van der Waals surface area contributed by atoms with Crippen LogP contribution in [0, 0.1) is 0 Å². The summed E-state index contributed by atoms with van der Waals surface area (Å²) >= 11 is 3.46. The molecule has 1 fully saturated rings. The largest absolute Gasteiger partial charge is 0.382 e. The summed E-state index contributed by atoms with van der Waals surface area (Å²) in [4.78, 5) is 0. The SMILES string of the molecule is NCc1ccc(Br)cc1NC1CC1. The average molecular weight is 241 g/mol. The monoisotopic (exact) mass is 240 g/mol. The molecule has 1 saturated carbocycles. The summed E-state index contributed by atoms with van der Waals surface area (Å²) in [6.07, 6.45) is 2.58. The van der Waals surface area contributed by atoms with Crippen molar-refractivity contribution in [1.29, 1.82) is 0 Å². The van der Waals surface area contributed by atoms with Gasteiger partial charge in [-0.05, 0) is 30.5 Å². The van der Waals surface area contributed by atoms with E-state index in [-0.39, 0.29) is 0 Å². The Labute approximate surface area is 86.6 Å². The van der Waals surface area contributed by atoms with E-state index in [0.717, 1.165) is 4.47 Å². The Balaban J connectivity index is 2.22. The minimum atomic E-state index is 0.600. The fourth-order valence-electron chi connectivity index (χ4n) is 1.31. The van der Waals surface area contributed by atoms with Crippen LogP contribution in [0.25, 0.3) is 0 Å².